The molecule has 0 N–H and O–H groups in total. The normalized spacial score (nSPS) is 10.0. The molecular formula is C17H18N2OS. The number of benzene rings is 2. The van der Waals surface area contributed by atoms with Crippen molar-refractivity contribution in [2.45, 2.75) is 6.42 Å². The lowest BCUT2D eigenvalue weighted by Crippen LogP contribution is -2.33. The SMILES string of the molecule is CN(C(=O)CC(=S)N(C)c1ccccc1)c1ccccc1. The van der Waals surface area contributed by atoms with Gasteiger partial charge in [0.25, 0.3) is 0 Å². The Balaban J connectivity index is 2.01. The summed E-state index contributed by atoms with van der Waals surface area (Å²) in [7, 11) is 3.65. The van der Waals surface area contributed by atoms with Gasteiger partial charge < -0.3 is 9.80 Å². The van der Waals surface area contributed by atoms with Gasteiger partial charge in [-0.25, -0.2) is 0 Å². The smallest absolute Gasteiger partial charge is 0.233 e. The van der Waals surface area contributed by atoms with Gasteiger partial charge in [0.05, 0.1) is 11.4 Å². The van der Waals surface area contributed by atoms with Gasteiger partial charge in [0.2, 0.25) is 5.91 Å². The zero-order valence-corrected chi connectivity index (χ0v) is 13.0. The van der Waals surface area contributed by atoms with E-state index in [2.05, 4.69) is 0 Å². The van der Waals surface area contributed by atoms with E-state index in [0.29, 0.717) is 4.99 Å². The van der Waals surface area contributed by atoms with Crippen LogP contribution in [0.5, 0.6) is 0 Å². The number of rotatable bonds is 4. The molecule has 1 amide bonds. The minimum atomic E-state index is -0.0195. The number of carbonyl (C=O) groups is 1. The van der Waals surface area contributed by atoms with Crippen LogP contribution in [0.3, 0.4) is 0 Å². The van der Waals surface area contributed by atoms with Crippen LogP contribution in [0, 0.1) is 0 Å². The van der Waals surface area contributed by atoms with Crippen molar-refractivity contribution >= 4 is 34.5 Å². The number of para-hydroxylation sites is 2. The molecule has 0 aliphatic rings. The van der Waals surface area contributed by atoms with Crippen LogP contribution in [-0.4, -0.2) is 25.0 Å². The van der Waals surface area contributed by atoms with Crippen LogP contribution >= 0.6 is 12.2 Å². The molecule has 0 bridgehead atoms. The number of carbonyl (C=O) groups excluding carboxylic acids is 1. The molecule has 0 heterocycles. The number of anilines is 2. The standard InChI is InChI=1S/C17H18N2OS/c1-18(14-9-5-3-6-10-14)16(20)13-17(21)19(2)15-11-7-4-8-12-15/h3-12H,13H2,1-2H3. The summed E-state index contributed by atoms with van der Waals surface area (Å²) in [4.78, 5) is 16.4. The molecule has 0 unspecified atom stereocenters. The highest BCUT2D eigenvalue weighted by Crippen LogP contribution is 2.16. The molecule has 0 fully saturated rings. The highest BCUT2D eigenvalue weighted by atomic mass is 32.1. The van der Waals surface area contributed by atoms with Gasteiger partial charge in [-0.3, -0.25) is 4.79 Å². The van der Waals surface area contributed by atoms with E-state index in [0.717, 1.165) is 11.4 Å². The quantitative estimate of drug-likeness (QED) is 0.807. The monoisotopic (exact) mass is 298 g/mol. The van der Waals surface area contributed by atoms with Crippen LogP contribution in [0.25, 0.3) is 0 Å². The molecule has 0 saturated carbocycles. The first kappa shape index (κ1) is 15.2. The van der Waals surface area contributed by atoms with E-state index in [1.807, 2.05) is 72.6 Å². The first-order valence-corrected chi connectivity index (χ1v) is 7.13. The summed E-state index contributed by atoms with van der Waals surface area (Å²) in [5.41, 5.74) is 1.85. The van der Waals surface area contributed by atoms with Crippen LogP contribution < -0.4 is 9.80 Å². The highest BCUT2D eigenvalue weighted by Gasteiger charge is 2.16. The van der Waals surface area contributed by atoms with Gasteiger partial charge in [-0.05, 0) is 24.3 Å². The summed E-state index contributed by atoms with van der Waals surface area (Å²) in [5, 5.41) is 0. The van der Waals surface area contributed by atoms with Gasteiger partial charge in [-0.2, -0.15) is 0 Å². The first-order chi connectivity index (χ1) is 10.1. The lowest BCUT2D eigenvalue weighted by atomic mass is 10.2. The van der Waals surface area contributed by atoms with Crippen molar-refractivity contribution in [2.75, 3.05) is 23.9 Å². The Morgan fingerprint density at radius 2 is 1.29 bits per heavy atom. The van der Waals surface area contributed by atoms with Crippen molar-refractivity contribution in [1.29, 1.82) is 0 Å². The van der Waals surface area contributed by atoms with Gasteiger partial charge in [-0.1, -0.05) is 48.6 Å². The molecule has 2 rings (SSSR count). The maximum atomic E-state index is 12.3. The average molecular weight is 298 g/mol. The molecule has 0 saturated heterocycles. The summed E-state index contributed by atoms with van der Waals surface area (Å²) < 4.78 is 0. The van der Waals surface area contributed by atoms with Gasteiger partial charge in [0.15, 0.2) is 0 Å². The molecule has 3 nitrogen and oxygen atoms in total. The predicted molar refractivity (Wildman–Crippen MR) is 91.9 cm³/mol. The fourth-order valence-corrected chi connectivity index (χ4v) is 2.19. The fourth-order valence-electron chi connectivity index (χ4n) is 1.96. The highest BCUT2D eigenvalue weighted by molar-refractivity contribution is 7.80. The number of hydrogen-bond donors (Lipinski definition) is 0. The molecule has 108 valence electrons. The number of nitrogens with zero attached hydrogens (tertiary/aromatic N) is 2. The Morgan fingerprint density at radius 1 is 0.857 bits per heavy atom. The minimum Gasteiger partial charge on any atom is -0.339 e. The Morgan fingerprint density at radius 3 is 1.76 bits per heavy atom. The maximum Gasteiger partial charge on any atom is 0.233 e. The summed E-state index contributed by atoms with van der Waals surface area (Å²) in [6.07, 6.45) is 0.214. The van der Waals surface area contributed by atoms with Crippen molar-refractivity contribution < 1.29 is 4.79 Å². The Bertz CT molecular complexity index is 558. The summed E-state index contributed by atoms with van der Waals surface area (Å²) >= 11 is 5.38. The summed E-state index contributed by atoms with van der Waals surface area (Å²) in [5.74, 6) is -0.0195. The third-order valence-electron chi connectivity index (χ3n) is 3.34. The Kier molecular flexibility index (Phi) is 5.06. The van der Waals surface area contributed by atoms with Crippen molar-refractivity contribution in [2.24, 2.45) is 0 Å². The van der Waals surface area contributed by atoms with Crippen LogP contribution in [-0.2, 0) is 4.79 Å². The Hall–Kier alpha value is -2.20. The van der Waals surface area contributed by atoms with Gasteiger partial charge in [0.1, 0.15) is 0 Å². The predicted octanol–water partition coefficient (Wildman–Crippen LogP) is 3.50. The van der Waals surface area contributed by atoms with E-state index in [-0.39, 0.29) is 12.3 Å². The molecule has 0 aromatic heterocycles. The lowest BCUT2D eigenvalue weighted by molar-refractivity contribution is -0.117. The van der Waals surface area contributed by atoms with E-state index < -0.39 is 0 Å². The fraction of sp³-hybridized carbons (Fsp3) is 0.176. The zero-order valence-electron chi connectivity index (χ0n) is 12.2. The molecule has 0 atom stereocenters. The van der Waals surface area contributed by atoms with Crippen molar-refractivity contribution in [3.05, 3.63) is 60.7 Å². The van der Waals surface area contributed by atoms with Crippen LogP contribution in [0.1, 0.15) is 6.42 Å². The van der Waals surface area contributed by atoms with Crippen molar-refractivity contribution in [3.8, 4) is 0 Å². The van der Waals surface area contributed by atoms with Crippen LogP contribution in [0.2, 0.25) is 0 Å². The molecule has 2 aromatic carbocycles. The maximum absolute atomic E-state index is 12.3. The molecule has 0 radical (unpaired) electrons. The Labute approximate surface area is 130 Å². The molecule has 2 aromatic rings. The molecular weight excluding hydrogens is 280 g/mol. The molecule has 4 heteroatoms. The molecule has 0 aliphatic carbocycles. The topological polar surface area (TPSA) is 23.6 Å². The zero-order chi connectivity index (χ0) is 15.2. The van der Waals surface area contributed by atoms with E-state index >= 15 is 0 Å². The lowest BCUT2D eigenvalue weighted by Gasteiger charge is -2.22. The van der Waals surface area contributed by atoms with Gasteiger partial charge in [0, 0.05) is 25.5 Å². The van der Waals surface area contributed by atoms with Crippen molar-refractivity contribution in [1.82, 2.24) is 0 Å². The third-order valence-corrected chi connectivity index (χ3v) is 3.76. The summed E-state index contributed by atoms with van der Waals surface area (Å²) in [6.45, 7) is 0. The number of amides is 1. The van der Waals surface area contributed by atoms with E-state index in [9.17, 15) is 4.79 Å². The van der Waals surface area contributed by atoms with Crippen LogP contribution in [0.4, 0.5) is 11.4 Å². The van der Waals surface area contributed by atoms with E-state index in [1.165, 1.54) is 0 Å². The second kappa shape index (κ2) is 6.99. The van der Waals surface area contributed by atoms with Gasteiger partial charge >= 0.3 is 0 Å². The average Bonchev–Trinajstić information content (AvgIpc) is 2.55. The summed E-state index contributed by atoms with van der Waals surface area (Å²) in [6, 6.07) is 19.4. The first-order valence-electron chi connectivity index (χ1n) is 6.73. The molecule has 0 aliphatic heterocycles. The van der Waals surface area contributed by atoms with E-state index in [1.54, 1.807) is 11.9 Å². The number of thiocarbonyl (C=S) groups is 1. The second-order valence-electron chi connectivity index (χ2n) is 4.75. The minimum absolute atomic E-state index is 0.0195. The van der Waals surface area contributed by atoms with Crippen molar-refractivity contribution in [3.63, 3.8) is 0 Å². The van der Waals surface area contributed by atoms with Gasteiger partial charge in [-0.15, -0.1) is 0 Å². The van der Waals surface area contributed by atoms with Crippen LogP contribution in [0.15, 0.2) is 60.7 Å². The molecule has 21 heavy (non-hydrogen) atoms. The molecule has 0 spiro atoms. The second-order valence-corrected chi connectivity index (χ2v) is 5.22. The number of hydrogen-bond acceptors (Lipinski definition) is 2. The third kappa shape index (κ3) is 3.89. The van der Waals surface area contributed by atoms with E-state index in [4.69, 9.17) is 12.2 Å². The largest absolute Gasteiger partial charge is 0.339 e.